The lowest BCUT2D eigenvalue weighted by atomic mass is 10.1. The summed E-state index contributed by atoms with van der Waals surface area (Å²) >= 11 is 0. The lowest BCUT2D eigenvalue weighted by Gasteiger charge is -2.39. The Kier molecular flexibility index (Phi) is 5.31. The van der Waals surface area contributed by atoms with Crippen LogP contribution in [0.4, 0.5) is 26.0 Å². The average Bonchev–Trinajstić information content (AvgIpc) is 3.41. The van der Waals surface area contributed by atoms with E-state index in [0.717, 1.165) is 55.8 Å². The van der Waals surface area contributed by atoms with Crippen molar-refractivity contribution in [1.29, 1.82) is 0 Å². The van der Waals surface area contributed by atoms with Gasteiger partial charge >= 0.3 is 0 Å². The number of pyridine rings is 1. The van der Waals surface area contributed by atoms with Gasteiger partial charge in [0.2, 0.25) is 0 Å². The second-order valence-corrected chi connectivity index (χ2v) is 7.81. The first kappa shape index (κ1) is 20.5. The summed E-state index contributed by atoms with van der Waals surface area (Å²) in [5.74, 6) is -1.90. The van der Waals surface area contributed by atoms with Crippen molar-refractivity contribution >= 4 is 28.7 Å². The van der Waals surface area contributed by atoms with E-state index >= 15 is 0 Å². The number of aromatic nitrogens is 4. The summed E-state index contributed by atoms with van der Waals surface area (Å²) in [5, 5.41) is 6.61. The van der Waals surface area contributed by atoms with Crippen LogP contribution in [-0.4, -0.2) is 75.8 Å². The smallest absolute Gasteiger partial charge is 0.263 e. The quantitative estimate of drug-likeness (QED) is 0.616. The van der Waals surface area contributed by atoms with Crippen LogP contribution in [0.15, 0.2) is 24.8 Å². The van der Waals surface area contributed by atoms with Gasteiger partial charge in [-0.05, 0) is 6.42 Å². The predicted octanol–water partition coefficient (Wildman–Crippen LogP) is 1.15. The molecule has 0 radical (unpaired) electrons. The summed E-state index contributed by atoms with van der Waals surface area (Å²) in [7, 11) is 0. The summed E-state index contributed by atoms with van der Waals surface area (Å²) in [4.78, 5) is 25.0. The maximum atomic E-state index is 14.8. The fourth-order valence-electron chi connectivity index (χ4n) is 4.29. The number of carbonyl (C=O) groups excluding carboxylic acids is 1. The molecule has 2 aliphatic rings. The highest BCUT2D eigenvalue weighted by Gasteiger charge is 2.29. The van der Waals surface area contributed by atoms with Gasteiger partial charge in [0.05, 0.1) is 37.1 Å². The first-order valence-corrected chi connectivity index (χ1v) is 10.3. The summed E-state index contributed by atoms with van der Waals surface area (Å²) in [6, 6.07) is 0.398. The summed E-state index contributed by atoms with van der Waals surface area (Å²) in [6.07, 6.45) is 5.55. The van der Waals surface area contributed by atoms with E-state index in [2.05, 4.69) is 25.3 Å². The molecule has 10 nitrogen and oxygen atoms in total. The minimum Gasteiger partial charge on any atom is -0.381 e. The van der Waals surface area contributed by atoms with Gasteiger partial charge in [0, 0.05) is 38.8 Å². The molecule has 3 N–H and O–H groups in total. The van der Waals surface area contributed by atoms with Crippen LogP contribution in [0.5, 0.6) is 0 Å². The van der Waals surface area contributed by atoms with Crippen molar-refractivity contribution in [1.82, 2.24) is 24.5 Å². The van der Waals surface area contributed by atoms with Gasteiger partial charge in [0.25, 0.3) is 5.91 Å². The number of rotatable bonds is 4. The van der Waals surface area contributed by atoms with Gasteiger partial charge in [-0.15, -0.1) is 5.10 Å². The minimum atomic E-state index is -0.632. The maximum absolute atomic E-state index is 14.8. The van der Waals surface area contributed by atoms with Crippen LogP contribution in [0.25, 0.3) is 5.65 Å². The molecule has 5 rings (SSSR count). The van der Waals surface area contributed by atoms with Gasteiger partial charge in [0.1, 0.15) is 11.3 Å². The topological polar surface area (TPSA) is 114 Å². The molecule has 5 heterocycles. The maximum Gasteiger partial charge on any atom is 0.263 e. The Morgan fingerprint density at radius 1 is 1.19 bits per heavy atom. The number of carbonyl (C=O) groups is 1. The van der Waals surface area contributed by atoms with Crippen molar-refractivity contribution in [3.63, 3.8) is 0 Å². The highest BCUT2D eigenvalue weighted by molar-refractivity contribution is 6.12. The van der Waals surface area contributed by atoms with E-state index in [9.17, 15) is 13.6 Å². The van der Waals surface area contributed by atoms with Gasteiger partial charge in [0.15, 0.2) is 23.1 Å². The van der Waals surface area contributed by atoms with Gasteiger partial charge in [-0.2, -0.15) is 0 Å². The molecule has 1 amide bonds. The van der Waals surface area contributed by atoms with E-state index in [1.807, 2.05) is 4.90 Å². The minimum absolute atomic E-state index is 0.0220. The molecule has 1 atom stereocenters. The number of nitrogens with one attached hydrogen (secondary N) is 1. The molecule has 12 heteroatoms. The first-order valence-electron chi connectivity index (χ1n) is 10.3. The molecule has 2 fully saturated rings. The van der Waals surface area contributed by atoms with Crippen molar-refractivity contribution in [2.24, 2.45) is 0 Å². The van der Waals surface area contributed by atoms with Crippen LogP contribution in [0, 0.1) is 11.6 Å². The SMILES string of the molecule is Nc1nn2cc(F)cnc2c1C(=O)Nc1cncc(F)c1N1CCN(C2CCOC2)CC1. The first-order chi connectivity index (χ1) is 15.5. The number of nitrogen functional groups attached to an aromatic ring is 1. The Bertz CT molecular complexity index is 1160. The van der Waals surface area contributed by atoms with E-state index in [-0.39, 0.29) is 28.4 Å². The van der Waals surface area contributed by atoms with Crippen molar-refractivity contribution in [2.45, 2.75) is 12.5 Å². The normalized spacial score (nSPS) is 19.6. The molecule has 0 saturated carbocycles. The summed E-state index contributed by atoms with van der Waals surface area (Å²) in [5.41, 5.74) is 6.43. The molecule has 0 bridgehead atoms. The van der Waals surface area contributed by atoms with Gasteiger partial charge in [-0.1, -0.05) is 0 Å². The second-order valence-electron chi connectivity index (χ2n) is 7.81. The number of ether oxygens (including phenoxy) is 1. The monoisotopic (exact) mass is 444 g/mol. The van der Waals surface area contributed by atoms with Gasteiger partial charge in [-0.25, -0.2) is 18.3 Å². The number of amides is 1. The molecular formula is C20H22F2N8O2. The molecule has 0 spiro atoms. The Hall–Kier alpha value is -3.38. The van der Waals surface area contributed by atoms with E-state index < -0.39 is 17.5 Å². The zero-order chi connectivity index (χ0) is 22.2. The van der Waals surface area contributed by atoms with Crippen LogP contribution >= 0.6 is 0 Å². The molecule has 3 aromatic heterocycles. The van der Waals surface area contributed by atoms with Crippen LogP contribution in [0.2, 0.25) is 0 Å². The van der Waals surface area contributed by atoms with Crippen molar-refractivity contribution in [2.75, 3.05) is 55.3 Å². The lowest BCUT2D eigenvalue weighted by molar-refractivity contribution is 0.102. The summed E-state index contributed by atoms with van der Waals surface area (Å²) < 4.78 is 34.8. The Morgan fingerprint density at radius 3 is 2.75 bits per heavy atom. The number of nitrogens with zero attached hydrogens (tertiary/aromatic N) is 6. The molecular weight excluding hydrogens is 422 g/mol. The van der Waals surface area contributed by atoms with E-state index in [1.54, 1.807) is 0 Å². The molecule has 32 heavy (non-hydrogen) atoms. The molecule has 2 saturated heterocycles. The van der Waals surface area contributed by atoms with Gasteiger partial charge in [-0.3, -0.25) is 14.7 Å². The zero-order valence-electron chi connectivity index (χ0n) is 17.2. The zero-order valence-corrected chi connectivity index (χ0v) is 17.2. The molecule has 1 unspecified atom stereocenters. The molecule has 0 aromatic carbocycles. The number of fused-ring (bicyclic) bond motifs is 1. The Labute approximate surface area is 182 Å². The van der Waals surface area contributed by atoms with E-state index in [4.69, 9.17) is 10.5 Å². The average molecular weight is 444 g/mol. The number of piperazine rings is 1. The third-order valence-electron chi connectivity index (χ3n) is 5.87. The second kappa shape index (κ2) is 8.28. The van der Waals surface area contributed by atoms with Gasteiger partial charge < -0.3 is 20.7 Å². The number of nitrogens with two attached hydrogens (primary N) is 1. The van der Waals surface area contributed by atoms with Crippen molar-refractivity contribution in [3.8, 4) is 0 Å². The fourth-order valence-corrected chi connectivity index (χ4v) is 4.29. The number of anilines is 3. The predicted molar refractivity (Wildman–Crippen MR) is 113 cm³/mol. The molecule has 0 aliphatic carbocycles. The van der Waals surface area contributed by atoms with Crippen molar-refractivity contribution < 1.29 is 18.3 Å². The highest BCUT2D eigenvalue weighted by Crippen LogP contribution is 2.31. The van der Waals surface area contributed by atoms with Crippen LogP contribution in [0.1, 0.15) is 16.8 Å². The lowest BCUT2D eigenvalue weighted by Crippen LogP contribution is -2.51. The standard InChI is InChI=1S/C20H22F2N8O2/c21-12-7-25-19-16(18(23)27-30(19)10-12)20(31)26-15-9-24-8-14(22)17(15)29-4-2-28(3-5-29)13-1-6-32-11-13/h7-10,13H,1-6,11H2,(H2,23,27)(H,26,31). The Balaban J connectivity index is 1.38. The number of halogens is 2. The largest absolute Gasteiger partial charge is 0.381 e. The third-order valence-corrected chi connectivity index (χ3v) is 5.87. The molecule has 3 aromatic rings. The third kappa shape index (κ3) is 3.71. The number of hydrogen-bond acceptors (Lipinski definition) is 8. The fraction of sp³-hybridized carbons (Fsp3) is 0.400. The van der Waals surface area contributed by atoms with E-state index in [0.29, 0.717) is 19.1 Å². The van der Waals surface area contributed by atoms with Crippen LogP contribution < -0.4 is 16.0 Å². The van der Waals surface area contributed by atoms with E-state index in [1.165, 1.54) is 6.20 Å². The molecule has 2 aliphatic heterocycles. The number of hydrogen-bond donors (Lipinski definition) is 2. The molecule has 168 valence electrons. The van der Waals surface area contributed by atoms with Crippen LogP contribution in [-0.2, 0) is 4.74 Å². The van der Waals surface area contributed by atoms with Crippen molar-refractivity contribution in [3.05, 3.63) is 42.0 Å². The summed E-state index contributed by atoms with van der Waals surface area (Å²) in [6.45, 7) is 4.22. The Morgan fingerprint density at radius 2 is 2.00 bits per heavy atom. The van der Waals surface area contributed by atoms with Crippen LogP contribution in [0.3, 0.4) is 0 Å². The highest BCUT2D eigenvalue weighted by atomic mass is 19.1.